The minimum Gasteiger partial charge on any atom is -0.330 e. The van der Waals surface area contributed by atoms with Crippen molar-refractivity contribution in [3.05, 3.63) is 29.3 Å². The van der Waals surface area contributed by atoms with Gasteiger partial charge in [0.1, 0.15) is 0 Å². The predicted octanol–water partition coefficient (Wildman–Crippen LogP) is 2.73. The summed E-state index contributed by atoms with van der Waals surface area (Å²) in [4.78, 5) is 12.0. The third kappa shape index (κ3) is 3.84. The first kappa shape index (κ1) is 14.7. The van der Waals surface area contributed by atoms with Crippen molar-refractivity contribution in [1.82, 2.24) is 0 Å². The molecule has 0 saturated carbocycles. The monoisotopic (exact) mass is 248 g/mol. The van der Waals surface area contributed by atoms with Gasteiger partial charge in [0.15, 0.2) is 0 Å². The summed E-state index contributed by atoms with van der Waals surface area (Å²) in [6.07, 6.45) is 2.34. The fourth-order valence-corrected chi connectivity index (χ4v) is 1.99. The number of amides is 1. The summed E-state index contributed by atoms with van der Waals surface area (Å²) in [6, 6.07) is 6.19. The molecule has 3 N–H and O–H groups in total. The van der Waals surface area contributed by atoms with Crippen LogP contribution in [-0.2, 0) is 17.6 Å². The molecule has 0 aliphatic carbocycles. The normalized spacial score (nSPS) is 12.2. The van der Waals surface area contributed by atoms with E-state index in [2.05, 4.69) is 37.4 Å². The highest BCUT2D eigenvalue weighted by molar-refractivity contribution is 5.92. The molecule has 1 rings (SSSR count). The van der Waals surface area contributed by atoms with E-state index in [4.69, 9.17) is 5.73 Å². The van der Waals surface area contributed by atoms with Crippen molar-refractivity contribution in [2.45, 2.75) is 40.0 Å². The molecule has 3 heteroatoms. The molecule has 0 bridgehead atoms. The Morgan fingerprint density at radius 3 is 2.28 bits per heavy atom. The first-order valence-electron chi connectivity index (χ1n) is 6.73. The second kappa shape index (κ2) is 7.17. The van der Waals surface area contributed by atoms with Gasteiger partial charge < -0.3 is 11.1 Å². The van der Waals surface area contributed by atoms with Crippen LogP contribution in [0, 0.1) is 5.92 Å². The van der Waals surface area contributed by atoms with Crippen molar-refractivity contribution in [2.24, 2.45) is 11.7 Å². The van der Waals surface area contributed by atoms with Crippen molar-refractivity contribution in [3.63, 3.8) is 0 Å². The summed E-state index contributed by atoms with van der Waals surface area (Å²) in [5, 5.41) is 3.05. The van der Waals surface area contributed by atoms with E-state index in [1.54, 1.807) is 0 Å². The molecular weight excluding hydrogens is 224 g/mol. The molecule has 1 aromatic rings. The summed E-state index contributed by atoms with van der Waals surface area (Å²) in [6.45, 7) is 6.75. The van der Waals surface area contributed by atoms with Crippen LogP contribution < -0.4 is 11.1 Å². The van der Waals surface area contributed by atoms with Gasteiger partial charge >= 0.3 is 0 Å². The Bertz CT molecular complexity index is 379. The number of nitrogens with one attached hydrogen (secondary N) is 1. The van der Waals surface area contributed by atoms with E-state index >= 15 is 0 Å². The topological polar surface area (TPSA) is 55.1 Å². The molecule has 0 fully saturated rings. The molecule has 1 aromatic carbocycles. The summed E-state index contributed by atoms with van der Waals surface area (Å²) >= 11 is 0. The maximum atomic E-state index is 12.0. The van der Waals surface area contributed by atoms with Crippen LogP contribution in [0.3, 0.4) is 0 Å². The van der Waals surface area contributed by atoms with Crippen molar-refractivity contribution in [3.8, 4) is 0 Å². The first-order chi connectivity index (χ1) is 8.62. The zero-order chi connectivity index (χ0) is 13.5. The highest BCUT2D eigenvalue weighted by Crippen LogP contribution is 2.23. The number of carbonyl (C=O) groups excluding carboxylic acids is 1. The highest BCUT2D eigenvalue weighted by atomic mass is 16.1. The Kier molecular flexibility index (Phi) is 5.86. The van der Waals surface area contributed by atoms with Gasteiger partial charge in [-0.25, -0.2) is 0 Å². The van der Waals surface area contributed by atoms with E-state index in [0.29, 0.717) is 13.0 Å². The Hall–Kier alpha value is -1.35. The lowest BCUT2D eigenvalue weighted by Gasteiger charge is -2.15. The standard InChI is InChI=1S/C15H24N2O/c1-4-12-7-6-8-13(5-2)15(12)17-14(18)9-11(3)10-16/h6-8,11H,4-5,9-10,16H2,1-3H3,(H,17,18). The van der Waals surface area contributed by atoms with Crippen LogP contribution in [0.4, 0.5) is 5.69 Å². The van der Waals surface area contributed by atoms with E-state index in [1.165, 1.54) is 11.1 Å². The summed E-state index contributed by atoms with van der Waals surface area (Å²) in [5.74, 6) is 0.285. The van der Waals surface area contributed by atoms with Gasteiger partial charge in [0.25, 0.3) is 0 Å². The van der Waals surface area contributed by atoms with E-state index < -0.39 is 0 Å². The molecule has 1 amide bonds. The van der Waals surface area contributed by atoms with Crippen LogP contribution in [-0.4, -0.2) is 12.5 Å². The van der Waals surface area contributed by atoms with Crippen LogP contribution in [0.25, 0.3) is 0 Å². The number of para-hydroxylation sites is 1. The molecule has 0 heterocycles. The van der Waals surface area contributed by atoms with Gasteiger partial charge in [0, 0.05) is 12.1 Å². The van der Waals surface area contributed by atoms with E-state index in [-0.39, 0.29) is 11.8 Å². The van der Waals surface area contributed by atoms with Crippen molar-refractivity contribution < 1.29 is 4.79 Å². The Morgan fingerprint density at radius 2 is 1.83 bits per heavy atom. The lowest BCUT2D eigenvalue weighted by molar-refractivity contribution is -0.116. The van der Waals surface area contributed by atoms with Crippen molar-refractivity contribution in [1.29, 1.82) is 0 Å². The average Bonchev–Trinajstić information content (AvgIpc) is 2.38. The van der Waals surface area contributed by atoms with Crippen molar-refractivity contribution >= 4 is 11.6 Å². The summed E-state index contributed by atoms with van der Waals surface area (Å²) < 4.78 is 0. The van der Waals surface area contributed by atoms with Gasteiger partial charge in [-0.15, -0.1) is 0 Å². The van der Waals surface area contributed by atoms with Crippen LogP contribution in [0.15, 0.2) is 18.2 Å². The largest absolute Gasteiger partial charge is 0.330 e. The predicted molar refractivity (Wildman–Crippen MR) is 76.7 cm³/mol. The molecule has 0 aliphatic rings. The van der Waals surface area contributed by atoms with Crippen LogP contribution in [0.2, 0.25) is 0 Å². The molecule has 100 valence electrons. The molecule has 0 spiro atoms. The number of hydrogen-bond donors (Lipinski definition) is 2. The molecule has 0 saturated heterocycles. The van der Waals surface area contributed by atoms with Crippen LogP contribution in [0.1, 0.15) is 38.3 Å². The van der Waals surface area contributed by atoms with Gasteiger partial charge in [0.2, 0.25) is 5.91 Å². The van der Waals surface area contributed by atoms with Gasteiger partial charge in [-0.1, -0.05) is 39.0 Å². The molecule has 1 atom stereocenters. The minimum atomic E-state index is 0.0588. The smallest absolute Gasteiger partial charge is 0.224 e. The SMILES string of the molecule is CCc1cccc(CC)c1NC(=O)CC(C)CN. The molecule has 0 radical (unpaired) electrons. The number of benzene rings is 1. The zero-order valence-corrected chi connectivity index (χ0v) is 11.6. The molecular formula is C15H24N2O. The average molecular weight is 248 g/mol. The van der Waals surface area contributed by atoms with Crippen LogP contribution >= 0.6 is 0 Å². The second-order valence-electron chi connectivity index (χ2n) is 4.75. The number of anilines is 1. The number of nitrogens with two attached hydrogens (primary N) is 1. The zero-order valence-electron chi connectivity index (χ0n) is 11.6. The summed E-state index contributed by atoms with van der Waals surface area (Å²) in [5.41, 5.74) is 8.94. The molecule has 0 aromatic heterocycles. The Labute approximate surface area is 110 Å². The van der Waals surface area contributed by atoms with Crippen LogP contribution in [0.5, 0.6) is 0 Å². The third-order valence-corrected chi connectivity index (χ3v) is 3.20. The van der Waals surface area contributed by atoms with Gasteiger partial charge in [-0.3, -0.25) is 4.79 Å². The molecule has 1 unspecified atom stereocenters. The third-order valence-electron chi connectivity index (χ3n) is 3.20. The fourth-order valence-electron chi connectivity index (χ4n) is 1.99. The Balaban J connectivity index is 2.85. The molecule has 0 aliphatic heterocycles. The summed E-state index contributed by atoms with van der Waals surface area (Å²) in [7, 11) is 0. The van der Waals surface area contributed by atoms with Gasteiger partial charge in [-0.05, 0) is 36.4 Å². The number of aryl methyl sites for hydroxylation is 2. The first-order valence-corrected chi connectivity index (χ1v) is 6.73. The lowest BCUT2D eigenvalue weighted by Crippen LogP contribution is -2.21. The van der Waals surface area contributed by atoms with E-state index in [9.17, 15) is 4.79 Å². The maximum absolute atomic E-state index is 12.0. The highest BCUT2D eigenvalue weighted by Gasteiger charge is 2.12. The van der Waals surface area contributed by atoms with Gasteiger partial charge in [-0.2, -0.15) is 0 Å². The number of rotatable bonds is 6. The van der Waals surface area contributed by atoms with E-state index in [0.717, 1.165) is 18.5 Å². The minimum absolute atomic E-state index is 0.0588. The Morgan fingerprint density at radius 1 is 1.28 bits per heavy atom. The second-order valence-corrected chi connectivity index (χ2v) is 4.75. The quantitative estimate of drug-likeness (QED) is 0.813. The lowest BCUT2D eigenvalue weighted by atomic mass is 10.0. The number of carbonyl (C=O) groups is 1. The molecule has 3 nitrogen and oxygen atoms in total. The molecule has 18 heavy (non-hydrogen) atoms. The fraction of sp³-hybridized carbons (Fsp3) is 0.533. The number of hydrogen-bond acceptors (Lipinski definition) is 2. The van der Waals surface area contributed by atoms with Crippen molar-refractivity contribution in [2.75, 3.05) is 11.9 Å². The maximum Gasteiger partial charge on any atom is 0.224 e. The van der Waals surface area contributed by atoms with Gasteiger partial charge in [0.05, 0.1) is 0 Å². The van der Waals surface area contributed by atoms with E-state index in [1.807, 2.05) is 6.92 Å².